The SMILES string of the molecule is O=C1/C(=C\c2cc(Cl)c(OCc3ccccc3F)c(Cl)c2)SC(=NCc2ccccc2)N1Cc1ccccc1. The molecular weight excluding hydrogens is 554 g/mol. The van der Waals surface area contributed by atoms with Crippen molar-refractivity contribution in [2.45, 2.75) is 19.7 Å². The van der Waals surface area contributed by atoms with Crippen LogP contribution >= 0.6 is 35.0 Å². The van der Waals surface area contributed by atoms with Crippen molar-refractivity contribution in [3.8, 4) is 5.75 Å². The van der Waals surface area contributed by atoms with Gasteiger partial charge in [-0.2, -0.15) is 0 Å². The molecule has 0 unspecified atom stereocenters. The topological polar surface area (TPSA) is 41.9 Å². The summed E-state index contributed by atoms with van der Waals surface area (Å²) in [6.07, 6.45) is 1.74. The number of aliphatic imine (C=N–C) groups is 1. The molecule has 1 aliphatic heterocycles. The zero-order chi connectivity index (χ0) is 27.2. The lowest BCUT2D eigenvalue weighted by atomic mass is 10.2. The summed E-state index contributed by atoms with van der Waals surface area (Å²) in [6.45, 7) is 0.846. The maximum Gasteiger partial charge on any atom is 0.267 e. The van der Waals surface area contributed by atoms with E-state index in [9.17, 15) is 9.18 Å². The Morgan fingerprint density at radius 2 is 1.49 bits per heavy atom. The van der Waals surface area contributed by atoms with E-state index in [1.807, 2.05) is 60.7 Å². The molecule has 1 amide bonds. The molecule has 0 atom stereocenters. The quantitative estimate of drug-likeness (QED) is 0.198. The van der Waals surface area contributed by atoms with Crippen molar-refractivity contribution >= 4 is 52.1 Å². The van der Waals surface area contributed by atoms with Crippen molar-refractivity contribution < 1.29 is 13.9 Å². The van der Waals surface area contributed by atoms with Gasteiger partial charge in [0.25, 0.3) is 5.91 Å². The first kappa shape index (κ1) is 27.0. The number of carbonyl (C=O) groups is 1. The second-order valence-corrected chi connectivity index (χ2v) is 10.6. The summed E-state index contributed by atoms with van der Waals surface area (Å²) in [5, 5.41) is 1.15. The molecule has 0 bridgehead atoms. The van der Waals surface area contributed by atoms with Gasteiger partial charge in [-0.05, 0) is 52.7 Å². The van der Waals surface area contributed by atoms with Gasteiger partial charge in [0.2, 0.25) is 0 Å². The molecule has 4 aromatic rings. The van der Waals surface area contributed by atoms with E-state index in [0.29, 0.717) is 34.3 Å². The van der Waals surface area contributed by atoms with E-state index in [2.05, 4.69) is 0 Å². The lowest BCUT2D eigenvalue weighted by Crippen LogP contribution is -2.28. The number of amidine groups is 1. The van der Waals surface area contributed by atoms with Crippen LogP contribution in [0.25, 0.3) is 6.08 Å². The molecule has 0 aromatic heterocycles. The average Bonchev–Trinajstić information content (AvgIpc) is 3.22. The van der Waals surface area contributed by atoms with Crippen molar-refractivity contribution in [2.75, 3.05) is 0 Å². The van der Waals surface area contributed by atoms with Crippen molar-refractivity contribution in [2.24, 2.45) is 4.99 Å². The molecule has 1 saturated heterocycles. The van der Waals surface area contributed by atoms with Crippen LogP contribution in [0.3, 0.4) is 0 Å². The summed E-state index contributed by atoms with van der Waals surface area (Å²) in [4.78, 5) is 20.4. The van der Waals surface area contributed by atoms with Crippen molar-refractivity contribution in [1.82, 2.24) is 4.90 Å². The Morgan fingerprint density at radius 3 is 2.15 bits per heavy atom. The highest BCUT2D eigenvalue weighted by Crippen LogP contribution is 2.38. The summed E-state index contributed by atoms with van der Waals surface area (Å²) in [5.41, 5.74) is 3.09. The predicted octanol–water partition coefficient (Wildman–Crippen LogP) is 8.38. The summed E-state index contributed by atoms with van der Waals surface area (Å²) in [5.74, 6) is -0.264. The molecule has 196 valence electrons. The van der Waals surface area contributed by atoms with E-state index in [1.54, 1.807) is 41.3 Å². The van der Waals surface area contributed by atoms with Crippen molar-refractivity contribution in [3.63, 3.8) is 0 Å². The smallest absolute Gasteiger partial charge is 0.267 e. The van der Waals surface area contributed by atoms with Crippen LogP contribution in [0.1, 0.15) is 22.3 Å². The molecule has 5 rings (SSSR count). The Kier molecular flexibility index (Phi) is 8.67. The number of nitrogens with zero attached hydrogens (tertiary/aromatic N) is 2. The highest BCUT2D eigenvalue weighted by atomic mass is 35.5. The van der Waals surface area contributed by atoms with E-state index in [0.717, 1.165) is 11.1 Å². The second kappa shape index (κ2) is 12.5. The van der Waals surface area contributed by atoms with Crippen LogP contribution in [0, 0.1) is 5.82 Å². The van der Waals surface area contributed by atoms with Gasteiger partial charge in [-0.3, -0.25) is 14.7 Å². The first-order valence-corrected chi connectivity index (χ1v) is 13.7. The standard InChI is InChI=1S/C31H23Cl2FN2O2S/c32-25-15-23(16-26(33)29(25)38-20-24-13-7-8-14-27(24)34)17-28-30(37)36(19-22-11-5-2-6-12-22)31(39-28)35-18-21-9-3-1-4-10-21/h1-17H,18-20H2/b28-17+,35-31?. The normalized spacial score (nSPS) is 15.4. The van der Waals surface area contributed by atoms with Gasteiger partial charge in [0, 0.05) is 5.56 Å². The highest BCUT2D eigenvalue weighted by Gasteiger charge is 2.33. The van der Waals surface area contributed by atoms with Gasteiger partial charge < -0.3 is 4.74 Å². The first-order chi connectivity index (χ1) is 19.0. The molecule has 4 aromatic carbocycles. The summed E-state index contributed by atoms with van der Waals surface area (Å²) < 4.78 is 19.7. The van der Waals surface area contributed by atoms with Gasteiger partial charge in [0.15, 0.2) is 10.9 Å². The fourth-order valence-electron chi connectivity index (χ4n) is 3.99. The van der Waals surface area contributed by atoms with Crippen LogP contribution in [0.4, 0.5) is 4.39 Å². The van der Waals surface area contributed by atoms with E-state index in [1.165, 1.54) is 17.8 Å². The Balaban J connectivity index is 1.39. The third kappa shape index (κ3) is 6.71. The molecule has 0 radical (unpaired) electrons. The Morgan fingerprint density at radius 1 is 0.872 bits per heavy atom. The number of amides is 1. The van der Waals surface area contributed by atoms with Gasteiger partial charge in [-0.15, -0.1) is 0 Å². The molecule has 4 nitrogen and oxygen atoms in total. The van der Waals surface area contributed by atoms with Crippen LogP contribution in [0.2, 0.25) is 10.0 Å². The van der Waals surface area contributed by atoms with Crippen molar-refractivity contribution in [3.05, 3.63) is 140 Å². The number of halogens is 3. The van der Waals surface area contributed by atoms with E-state index >= 15 is 0 Å². The molecule has 0 saturated carbocycles. The third-order valence-corrected chi connectivity index (χ3v) is 7.57. The largest absolute Gasteiger partial charge is 0.486 e. The first-order valence-electron chi connectivity index (χ1n) is 12.2. The third-order valence-electron chi connectivity index (χ3n) is 5.96. The minimum Gasteiger partial charge on any atom is -0.486 e. The monoisotopic (exact) mass is 576 g/mol. The van der Waals surface area contributed by atoms with Crippen LogP contribution in [-0.4, -0.2) is 16.0 Å². The van der Waals surface area contributed by atoms with Gasteiger partial charge >= 0.3 is 0 Å². The molecular formula is C31H23Cl2FN2O2S. The molecule has 1 aliphatic rings. The van der Waals surface area contributed by atoms with Gasteiger partial charge in [-0.25, -0.2) is 4.39 Å². The Labute approximate surface area is 240 Å². The summed E-state index contributed by atoms with van der Waals surface area (Å²) in [6, 6.07) is 29.4. The van der Waals surface area contributed by atoms with Crippen LogP contribution < -0.4 is 4.74 Å². The predicted molar refractivity (Wildman–Crippen MR) is 157 cm³/mol. The minimum atomic E-state index is -0.368. The molecule has 0 N–H and O–H groups in total. The molecule has 8 heteroatoms. The molecule has 1 heterocycles. The van der Waals surface area contributed by atoms with Gasteiger partial charge in [0.1, 0.15) is 12.4 Å². The van der Waals surface area contributed by atoms with Crippen LogP contribution in [0.5, 0.6) is 5.75 Å². The highest BCUT2D eigenvalue weighted by molar-refractivity contribution is 8.18. The van der Waals surface area contributed by atoms with Crippen LogP contribution in [-0.2, 0) is 24.5 Å². The molecule has 1 fully saturated rings. The number of thioether (sulfide) groups is 1. The van der Waals surface area contributed by atoms with E-state index < -0.39 is 0 Å². The molecule has 39 heavy (non-hydrogen) atoms. The number of rotatable bonds is 8. The Hall–Kier alpha value is -3.58. The number of hydrogen-bond acceptors (Lipinski definition) is 4. The average molecular weight is 578 g/mol. The minimum absolute atomic E-state index is 0.0173. The number of hydrogen-bond donors (Lipinski definition) is 0. The lowest BCUT2D eigenvalue weighted by Gasteiger charge is -2.15. The maximum absolute atomic E-state index is 14.0. The zero-order valence-electron chi connectivity index (χ0n) is 20.7. The maximum atomic E-state index is 14.0. The van der Waals surface area contributed by atoms with Gasteiger partial charge in [0.05, 0.1) is 28.0 Å². The van der Waals surface area contributed by atoms with E-state index in [4.69, 9.17) is 32.9 Å². The Bertz CT molecular complexity index is 1520. The number of ether oxygens (including phenoxy) is 1. The van der Waals surface area contributed by atoms with Gasteiger partial charge in [-0.1, -0.05) is 102 Å². The zero-order valence-corrected chi connectivity index (χ0v) is 23.0. The fraction of sp³-hybridized carbons (Fsp3) is 0.0968. The van der Waals surface area contributed by atoms with Crippen LogP contribution in [0.15, 0.2) is 107 Å². The number of benzene rings is 4. The lowest BCUT2D eigenvalue weighted by molar-refractivity contribution is -0.122. The molecule has 0 spiro atoms. The van der Waals surface area contributed by atoms with Crippen molar-refractivity contribution in [1.29, 1.82) is 0 Å². The summed E-state index contributed by atoms with van der Waals surface area (Å²) >= 11 is 14.3. The fourth-order valence-corrected chi connectivity index (χ4v) is 5.58. The second-order valence-electron chi connectivity index (χ2n) is 8.77. The molecule has 0 aliphatic carbocycles. The number of carbonyl (C=O) groups excluding carboxylic acids is 1. The summed E-state index contributed by atoms with van der Waals surface area (Å²) in [7, 11) is 0. The van der Waals surface area contributed by atoms with E-state index in [-0.39, 0.29) is 34.1 Å².